The van der Waals surface area contributed by atoms with Crippen LogP contribution in [-0.2, 0) is 63.6 Å². The Hall–Kier alpha value is -4.43. The van der Waals surface area contributed by atoms with E-state index in [0.717, 1.165) is 5.56 Å². The lowest BCUT2D eigenvalue weighted by Crippen LogP contribution is -2.50. The Kier molecular flexibility index (Phi) is 12.7. The largest absolute Gasteiger partial charge is 0.463 e. The first-order valence-electron chi connectivity index (χ1n) is 14.8. The molecule has 1 fully saturated rings. The first-order chi connectivity index (χ1) is 21.8. The van der Waals surface area contributed by atoms with Crippen molar-refractivity contribution >= 4 is 29.8 Å². The van der Waals surface area contributed by atoms with Gasteiger partial charge in [0.25, 0.3) is 11.7 Å². The number of dihydropyridines is 1. The second kappa shape index (κ2) is 16.2. The molecule has 46 heavy (non-hydrogen) atoms. The molecular formula is C32H42N2O12. The second-order valence-corrected chi connectivity index (χ2v) is 11.3. The zero-order valence-electron chi connectivity index (χ0n) is 27.0. The second-order valence-electron chi connectivity index (χ2n) is 11.3. The van der Waals surface area contributed by atoms with Gasteiger partial charge in [-0.25, -0.2) is 4.79 Å². The van der Waals surface area contributed by atoms with Crippen molar-refractivity contribution in [3.8, 4) is 0 Å². The monoisotopic (exact) mass is 646 g/mol. The predicted molar refractivity (Wildman–Crippen MR) is 160 cm³/mol. The molecule has 0 saturated carbocycles. The van der Waals surface area contributed by atoms with E-state index in [1.807, 2.05) is 18.2 Å². The predicted octanol–water partition coefficient (Wildman–Crippen LogP) is 1.88. The van der Waals surface area contributed by atoms with E-state index in [2.05, 4.69) is 10.6 Å². The van der Waals surface area contributed by atoms with Crippen LogP contribution in [0.2, 0.25) is 0 Å². The Bertz CT molecular complexity index is 1320. The SMILES string of the molecule is COC1(OC)C=CNC(C(=O)N[C@H]2COC(=O)[C@H](Cc3ccccc3)[C@@H](OC(=O)C(C)C)[C@H](C)OC2=O)=C1OCOC(=O)C(C)C. The molecule has 0 aromatic heterocycles. The van der Waals surface area contributed by atoms with Gasteiger partial charge in [0.2, 0.25) is 6.79 Å². The van der Waals surface area contributed by atoms with Crippen LogP contribution in [0.1, 0.15) is 40.2 Å². The van der Waals surface area contributed by atoms with Crippen molar-refractivity contribution in [2.24, 2.45) is 17.8 Å². The van der Waals surface area contributed by atoms with Crippen LogP contribution >= 0.6 is 0 Å². The first-order valence-corrected chi connectivity index (χ1v) is 14.8. The lowest BCUT2D eigenvalue weighted by molar-refractivity contribution is -0.189. The lowest BCUT2D eigenvalue weighted by atomic mass is 9.91. The third kappa shape index (κ3) is 8.85. The number of rotatable bonds is 12. The van der Waals surface area contributed by atoms with Gasteiger partial charge in [0.15, 0.2) is 17.9 Å². The molecule has 4 atom stereocenters. The number of benzene rings is 1. The summed E-state index contributed by atoms with van der Waals surface area (Å²) in [6.07, 6.45) is 0.655. The van der Waals surface area contributed by atoms with Gasteiger partial charge in [-0.2, -0.15) is 0 Å². The maximum atomic E-state index is 13.6. The Balaban J connectivity index is 1.90. The molecule has 14 nitrogen and oxygen atoms in total. The van der Waals surface area contributed by atoms with Crippen molar-refractivity contribution in [3.05, 3.63) is 59.6 Å². The summed E-state index contributed by atoms with van der Waals surface area (Å²) in [7, 11) is 2.62. The van der Waals surface area contributed by atoms with Crippen LogP contribution in [0.4, 0.5) is 0 Å². The highest BCUT2D eigenvalue weighted by molar-refractivity contribution is 5.97. The highest BCUT2D eigenvalue weighted by Gasteiger charge is 2.44. The molecule has 3 rings (SSSR count). The van der Waals surface area contributed by atoms with Gasteiger partial charge in [-0.1, -0.05) is 58.0 Å². The number of hydrogen-bond donors (Lipinski definition) is 2. The van der Waals surface area contributed by atoms with E-state index >= 15 is 0 Å². The molecule has 0 bridgehead atoms. The minimum Gasteiger partial charge on any atom is -0.463 e. The van der Waals surface area contributed by atoms with E-state index in [-0.39, 0.29) is 17.9 Å². The number of carbonyl (C=O) groups is 5. The summed E-state index contributed by atoms with van der Waals surface area (Å²) in [5.41, 5.74) is 0.525. The number of cyclic esters (lactones) is 2. The Morgan fingerprint density at radius 1 is 1.00 bits per heavy atom. The lowest BCUT2D eigenvalue weighted by Gasteiger charge is -2.33. The van der Waals surface area contributed by atoms with E-state index in [9.17, 15) is 24.0 Å². The van der Waals surface area contributed by atoms with E-state index in [0.29, 0.717) is 0 Å². The van der Waals surface area contributed by atoms with Crippen LogP contribution in [0.15, 0.2) is 54.1 Å². The zero-order valence-corrected chi connectivity index (χ0v) is 27.0. The molecular weight excluding hydrogens is 604 g/mol. The van der Waals surface area contributed by atoms with Gasteiger partial charge in [-0.3, -0.25) is 19.2 Å². The fourth-order valence-corrected chi connectivity index (χ4v) is 4.59. The Morgan fingerprint density at radius 2 is 1.65 bits per heavy atom. The average Bonchev–Trinajstić information content (AvgIpc) is 3.07. The summed E-state index contributed by atoms with van der Waals surface area (Å²) in [6, 6.07) is 7.57. The van der Waals surface area contributed by atoms with Crippen LogP contribution in [-0.4, -0.2) is 81.4 Å². The maximum Gasteiger partial charge on any atom is 0.332 e. The van der Waals surface area contributed by atoms with E-state index < -0.39 is 85.0 Å². The highest BCUT2D eigenvalue weighted by Crippen LogP contribution is 2.30. The summed E-state index contributed by atoms with van der Waals surface area (Å²) in [5.74, 6) is -7.58. The van der Waals surface area contributed by atoms with E-state index in [1.165, 1.54) is 33.4 Å². The van der Waals surface area contributed by atoms with Gasteiger partial charge >= 0.3 is 23.9 Å². The molecule has 0 aliphatic carbocycles. The minimum absolute atomic E-state index is 0.135. The summed E-state index contributed by atoms with van der Waals surface area (Å²) in [6.45, 7) is 6.90. The molecule has 0 unspecified atom stereocenters. The van der Waals surface area contributed by atoms with Crippen LogP contribution in [0.5, 0.6) is 0 Å². The number of ether oxygens (including phenoxy) is 7. The number of hydrogen-bond acceptors (Lipinski definition) is 13. The summed E-state index contributed by atoms with van der Waals surface area (Å²) >= 11 is 0. The summed E-state index contributed by atoms with van der Waals surface area (Å²) in [5, 5.41) is 5.23. The number of esters is 4. The maximum absolute atomic E-state index is 13.6. The first kappa shape index (κ1) is 36.0. The van der Waals surface area contributed by atoms with Crippen molar-refractivity contribution in [2.45, 2.75) is 65.1 Å². The van der Waals surface area contributed by atoms with Gasteiger partial charge in [0.1, 0.15) is 24.3 Å². The van der Waals surface area contributed by atoms with Gasteiger partial charge in [0, 0.05) is 20.4 Å². The third-order valence-corrected chi connectivity index (χ3v) is 7.25. The molecule has 2 aliphatic rings. The average molecular weight is 647 g/mol. The van der Waals surface area contributed by atoms with Crippen LogP contribution in [0.3, 0.4) is 0 Å². The normalized spacial score (nSPS) is 22.9. The number of nitrogens with one attached hydrogen (secondary N) is 2. The topological polar surface area (TPSA) is 174 Å². The van der Waals surface area contributed by atoms with Crippen molar-refractivity contribution in [1.82, 2.24) is 10.6 Å². The molecule has 0 spiro atoms. The smallest absolute Gasteiger partial charge is 0.332 e. The fraction of sp³-hybridized carbons (Fsp3) is 0.531. The van der Waals surface area contributed by atoms with Crippen molar-refractivity contribution in [3.63, 3.8) is 0 Å². The van der Waals surface area contributed by atoms with Crippen LogP contribution < -0.4 is 10.6 Å². The minimum atomic E-state index is -1.69. The molecule has 2 N–H and O–H groups in total. The number of carbonyl (C=O) groups excluding carboxylic acids is 5. The summed E-state index contributed by atoms with van der Waals surface area (Å²) < 4.78 is 38.6. The Labute approximate surface area is 267 Å². The Morgan fingerprint density at radius 3 is 2.26 bits per heavy atom. The van der Waals surface area contributed by atoms with Gasteiger partial charge in [-0.05, 0) is 25.0 Å². The zero-order chi connectivity index (χ0) is 34.0. The van der Waals surface area contributed by atoms with Gasteiger partial charge in [0.05, 0.1) is 11.8 Å². The molecule has 1 aromatic rings. The van der Waals surface area contributed by atoms with Gasteiger partial charge in [-0.15, -0.1) is 0 Å². The molecule has 14 heteroatoms. The standard InChI is InChI=1S/C32H42N2O12/c1-18(2)28(36)44-17-43-26-24(33-14-13-32(26,40-6)41-7)27(35)34-23-16-42-30(38)22(15-21-11-9-8-10-12-21)25(20(5)45-31(23)39)46-29(37)19(3)4/h8-14,18-20,22-23,25,33H,15-17H2,1-7H3,(H,34,35)/t20-,22+,23-,25-/m0/s1. The molecule has 1 aromatic carbocycles. The molecule has 2 heterocycles. The molecule has 252 valence electrons. The number of methoxy groups -OCH3 is 2. The van der Waals surface area contributed by atoms with E-state index in [1.54, 1.807) is 39.8 Å². The van der Waals surface area contributed by atoms with Crippen molar-refractivity contribution < 1.29 is 57.1 Å². The summed E-state index contributed by atoms with van der Waals surface area (Å²) in [4.78, 5) is 65.1. The highest BCUT2D eigenvalue weighted by atomic mass is 16.7. The van der Waals surface area contributed by atoms with E-state index in [4.69, 9.17) is 33.2 Å². The quantitative estimate of drug-likeness (QED) is 0.192. The molecule has 2 aliphatic heterocycles. The third-order valence-electron chi connectivity index (χ3n) is 7.25. The molecule has 0 radical (unpaired) electrons. The van der Waals surface area contributed by atoms with Gasteiger partial charge < -0.3 is 43.8 Å². The van der Waals surface area contributed by atoms with Crippen LogP contribution in [0.25, 0.3) is 0 Å². The number of amides is 1. The van der Waals surface area contributed by atoms with Crippen molar-refractivity contribution in [2.75, 3.05) is 27.6 Å². The van der Waals surface area contributed by atoms with Crippen LogP contribution in [0, 0.1) is 17.8 Å². The van der Waals surface area contributed by atoms with Crippen molar-refractivity contribution in [1.29, 1.82) is 0 Å². The fourth-order valence-electron chi connectivity index (χ4n) is 4.59. The molecule has 1 amide bonds. The molecule has 1 saturated heterocycles.